The lowest BCUT2D eigenvalue weighted by Crippen LogP contribution is -2.41. The van der Waals surface area contributed by atoms with Crippen LogP contribution >= 0.6 is 0 Å². The number of hydrogen-bond acceptors (Lipinski definition) is 2. The second kappa shape index (κ2) is 4.97. The SMILES string of the molecule is Cc1cccc(C)c1C(=O)N1C[C@@H]2CCCN[C@@H]2C1. The molecule has 0 aromatic heterocycles. The molecule has 2 atom stereocenters. The van der Waals surface area contributed by atoms with Crippen LogP contribution in [-0.2, 0) is 0 Å². The van der Waals surface area contributed by atoms with Gasteiger partial charge in [-0.15, -0.1) is 0 Å². The second-order valence-electron chi connectivity index (χ2n) is 5.94. The zero-order valence-corrected chi connectivity index (χ0v) is 11.8. The summed E-state index contributed by atoms with van der Waals surface area (Å²) < 4.78 is 0. The minimum atomic E-state index is 0.215. The fourth-order valence-electron chi connectivity index (χ4n) is 3.52. The van der Waals surface area contributed by atoms with Gasteiger partial charge in [0.1, 0.15) is 0 Å². The van der Waals surface area contributed by atoms with Crippen LogP contribution in [0.2, 0.25) is 0 Å². The maximum absolute atomic E-state index is 12.7. The van der Waals surface area contributed by atoms with Crippen molar-refractivity contribution >= 4 is 5.91 Å². The van der Waals surface area contributed by atoms with Crippen LogP contribution < -0.4 is 5.32 Å². The Morgan fingerprint density at radius 2 is 2.00 bits per heavy atom. The van der Waals surface area contributed by atoms with E-state index in [9.17, 15) is 4.79 Å². The zero-order chi connectivity index (χ0) is 13.4. The summed E-state index contributed by atoms with van der Waals surface area (Å²) in [5, 5.41) is 3.55. The van der Waals surface area contributed by atoms with Crippen LogP contribution in [0.4, 0.5) is 0 Å². The number of likely N-dealkylation sites (tertiary alicyclic amines) is 1. The summed E-state index contributed by atoms with van der Waals surface area (Å²) in [6.07, 6.45) is 2.50. The molecular formula is C16H22N2O. The number of aryl methyl sites for hydroxylation is 2. The maximum Gasteiger partial charge on any atom is 0.254 e. The van der Waals surface area contributed by atoms with E-state index in [4.69, 9.17) is 0 Å². The van der Waals surface area contributed by atoms with Gasteiger partial charge in [0.25, 0.3) is 5.91 Å². The summed E-state index contributed by atoms with van der Waals surface area (Å²) in [4.78, 5) is 14.8. The van der Waals surface area contributed by atoms with Gasteiger partial charge in [0.05, 0.1) is 0 Å². The van der Waals surface area contributed by atoms with E-state index in [1.165, 1.54) is 12.8 Å². The van der Waals surface area contributed by atoms with Crippen molar-refractivity contribution < 1.29 is 4.79 Å². The van der Waals surface area contributed by atoms with Gasteiger partial charge in [-0.2, -0.15) is 0 Å². The Bertz CT molecular complexity index is 463. The number of fused-ring (bicyclic) bond motifs is 1. The number of rotatable bonds is 1. The highest BCUT2D eigenvalue weighted by Gasteiger charge is 2.37. The van der Waals surface area contributed by atoms with Crippen molar-refractivity contribution in [2.75, 3.05) is 19.6 Å². The van der Waals surface area contributed by atoms with Gasteiger partial charge in [-0.1, -0.05) is 18.2 Å². The molecule has 3 nitrogen and oxygen atoms in total. The molecule has 19 heavy (non-hydrogen) atoms. The molecular weight excluding hydrogens is 236 g/mol. The van der Waals surface area contributed by atoms with Gasteiger partial charge in [0.2, 0.25) is 0 Å². The van der Waals surface area contributed by atoms with E-state index in [1.807, 2.05) is 36.9 Å². The second-order valence-corrected chi connectivity index (χ2v) is 5.94. The van der Waals surface area contributed by atoms with Gasteiger partial charge in [-0.25, -0.2) is 0 Å². The normalized spacial score (nSPS) is 26.3. The predicted molar refractivity (Wildman–Crippen MR) is 76.3 cm³/mol. The molecule has 2 aliphatic heterocycles. The van der Waals surface area contributed by atoms with Gasteiger partial charge >= 0.3 is 0 Å². The number of nitrogens with one attached hydrogen (secondary N) is 1. The molecule has 1 aromatic carbocycles. The summed E-state index contributed by atoms with van der Waals surface area (Å²) >= 11 is 0. The van der Waals surface area contributed by atoms with E-state index in [2.05, 4.69) is 5.32 Å². The van der Waals surface area contributed by atoms with E-state index in [1.54, 1.807) is 0 Å². The molecule has 1 N–H and O–H groups in total. The molecule has 1 amide bonds. The molecule has 0 aliphatic carbocycles. The quantitative estimate of drug-likeness (QED) is 0.837. The van der Waals surface area contributed by atoms with Crippen molar-refractivity contribution in [3.63, 3.8) is 0 Å². The van der Waals surface area contributed by atoms with Gasteiger partial charge in [0.15, 0.2) is 0 Å². The number of hydrogen-bond donors (Lipinski definition) is 1. The summed E-state index contributed by atoms with van der Waals surface area (Å²) in [5.41, 5.74) is 3.09. The highest BCUT2D eigenvalue weighted by Crippen LogP contribution is 2.27. The molecule has 0 saturated carbocycles. The molecule has 0 radical (unpaired) electrons. The van der Waals surface area contributed by atoms with Crippen LogP contribution in [0, 0.1) is 19.8 Å². The number of nitrogens with zero attached hydrogens (tertiary/aromatic N) is 1. The van der Waals surface area contributed by atoms with Crippen LogP contribution in [0.15, 0.2) is 18.2 Å². The first-order valence-corrected chi connectivity index (χ1v) is 7.25. The molecule has 3 heteroatoms. The van der Waals surface area contributed by atoms with E-state index in [-0.39, 0.29) is 5.91 Å². The van der Waals surface area contributed by atoms with Crippen molar-refractivity contribution in [3.8, 4) is 0 Å². The Morgan fingerprint density at radius 3 is 2.68 bits per heavy atom. The van der Waals surface area contributed by atoms with Crippen molar-refractivity contribution in [3.05, 3.63) is 34.9 Å². The first-order chi connectivity index (χ1) is 9.16. The topological polar surface area (TPSA) is 32.3 Å². The Labute approximate surface area is 115 Å². The molecule has 0 unspecified atom stereocenters. The lowest BCUT2D eigenvalue weighted by atomic mass is 9.94. The fourth-order valence-corrected chi connectivity index (χ4v) is 3.52. The monoisotopic (exact) mass is 258 g/mol. The minimum absolute atomic E-state index is 0.215. The van der Waals surface area contributed by atoms with Crippen LogP contribution in [0.5, 0.6) is 0 Å². The smallest absolute Gasteiger partial charge is 0.254 e. The molecule has 2 aliphatic rings. The predicted octanol–water partition coefficient (Wildman–Crippen LogP) is 2.13. The Hall–Kier alpha value is -1.35. The summed E-state index contributed by atoms with van der Waals surface area (Å²) in [6, 6.07) is 6.60. The fraction of sp³-hybridized carbons (Fsp3) is 0.562. The third kappa shape index (κ3) is 2.27. The molecule has 2 heterocycles. The standard InChI is InChI=1S/C16H22N2O/c1-11-5-3-6-12(2)15(11)16(19)18-9-13-7-4-8-17-14(13)10-18/h3,5-6,13-14,17H,4,7-10H2,1-2H3/t13-,14+/m0/s1. The average molecular weight is 258 g/mol. The summed E-state index contributed by atoms with van der Waals surface area (Å²) in [5.74, 6) is 0.869. The molecule has 102 valence electrons. The van der Waals surface area contributed by atoms with E-state index in [0.29, 0.717) is 12.0 Å². The van der Waals surface area contributed by atoms with Crippen LogP contribution in [-0.4, -0.2) is 36.5 Å². The van der Waals surface area contributed by atoms with Crippen molar-refractivity contribution in [2.24, 2.45) is 5.92 Å². The zero-order valence-electron chi connectivity index (χ0n) is 11.8. The number of benzene rings is 1. The number of amides is 1. The van der Waals surface area contributed by atoms with Crippen LogP contribution in [0.25, 0.3) is 0 Å². The first kappa shape index (κ1) is 12.7. The van der Waals surface area contributed by atoms with E-state index < -0.39 is 0 Å². The molecule has 2 saturated heterocycles. The van der Waals surface area contributed by atoms with Crippen LogP contribution in [0.3, 0.4) is 0 Å². The molecule has 2 fully saturated rings. The molecule has 0 spiro atoms. The van der Waals surface area contributed by atoms with Gasteiger partial charge in [-0.05, 0) is 50.3 Å². The highest BCUT2D eigenvalue weighted by molar-refractivity contribution is 5.97. The first-order valence-electron chi connectivity index (χ1n) is 7.25. The van der Waals surface area contributed by atoms with Crippen molar-refractivity contribution in [1.82, 2.24) is 10.2 Å². The lowest BCUT2D eigenvalue weighted by Gasteiger charge is -2.24. The molecule has 0 bridgehead atoms. The van der Waals surface area contributed by atoms with Crippen molar-refractivity contribution in [2.45, 2.75) is 32.7 Å². The Morgan fingerprint density at radius 1 is 1.26 bits per heavy atom. The number of carbonyl (C=O) groups is 1. The summed E-state index contributed by atoms with van der Waals surface area (Å²) in [7, 11) is 0. The van der Waals surface area contributed by atoms with Gasteiger partial charge < -0.3 is 10.2 Å². The van der Waals surface area contributed by atoms with Gasteiger partial charge in [0, 0.05) is 24.7 Å². The maximum atomic E-state index is 12.7. The van der Waals surface area contributed by atoms with Crippen molar-refractivity contribution in [1.29, 1.82) is 0 Å². The molecule has 3 rings (SSSR count). The third-order valence-corrected chi connectivity index (χ3v) is 4.58. The number of carbonyl (C=O) groups excluding carboxylic acids is 1. The largest absolute Gasteiger partial charge is 0.337 e. The lowest BCUT2D eigenvalue weighted by molar-refractivity contribution is 0.0784. The Kier molecular flexibility index (Phi) is 3.31. The van der Waals surface area contributed by atoms with E-state index >= 15 is 0 Å². The van der Waals surface area contributed by atoms with E-state index in [0.717, 1.165) is 36.3 Å². The molecule has 1 aromatic rings. The average Bonchev–Trinajstić information content (AvgIpc) is 2.82. The third-order valence-electron chi connectivity index (χ3n) is 4.58. The minimum Gasteiger partial charge on any atom is -0.337 e. The Balaban J connectivity index is 1.81. The highest BCUT2D eigenvalue weighted by atomic mass is 16.2. The number of piperidine rings is 1. The van der Waals surface area contributed by atoms with Gasteiger partial charge in [-0.3, -0.25) is 4.79 Å². The van der Waals surface area contributed by atoms with Crippen LogP contribution in [0.1, 0.15) is 34.3 Å². The summed E-state index contributed by atoms with van der Waals surface area (Å²) in [6.45, 7) is 6.96.